The lowest BCUT2D eigenvalue weighted by atomic mass is 10.1. The van der Waals surface area contributed by atoms with E-state index >= 15 is 0 Å². The number of unbranched alkanes of at least 4 members (excludes halogenated alkanes) is 2. The molecule has 0 saturated heterocycles. The number of hydrogen-bond donors (Lipinski definition) is 0. The lowest BCUT2D eigenvalue weighted by Crippen LogP contribution is -2.34. The molecule has 0 bridgehead atoms. The van der Waals surface area contributed by atoms with E-state index in [1.165, 1.54) is 6.08 Å². The van der Waals surface area contributed by atoms with Crippen LogP contribution < -0.4 is 0 Å². The van der Waals surface area contributed by atoms with Crippen molar-refractivity contribution in [1.29, 1.82) is 0 Å². The number of hydrogen-bond acceptors (Lipinski definition) is 3. The Morgan fingerprint density at radius 1 is 1.41 bits per heavy atom. The fourth-order valence-electron chi connectivity index (χ4n) is 1.62. The van der Waals surface area contributed by atoms with Crippen molar-refractivity contribution in [2.75, 3.05) is 0 Å². The first-order valence-corrected chi connectivity index (χ1v) is 5.87. The van der Waals surface area contributed by atoms with Gasteiger partial charge in [-0.1, -0.05) is 12.7 Å². The molecule has 17 heavy (non-hydrogen) atoms. The smallest absolute Gasteiger partial charge is 0.337 e. The number of carbonyl (C=O) groups is 1. The molecule has 0 aromatic heterocycles. The summed E-state index contributed by atoms with van der Waals surface area (Å²) in [6.07, 6.45) is 7.18. The summed E-state index contributed by atoms with van der Waals surface area (Å²) in [6, 6.07) is 0. The Bertz CT molecular complexity index is 350. The third-order valence-corrected chi connectivity index (χ3v) is 2.44. The topological polar surface area (TPSA) is 35.5 Å². The van der Waals surface area contributed by atoms with Gasteiger partial charge >= 0.3 is 5.97 Å². The maximum Gasteiger partial charge on any atom is 0.337 e. The van der Waals surface area contributed by atoms with E-state index in [4.69, 9.17) is 9.47 Å². The van der Waals surface area contributed by atoms with Gasteiger partial charge in [-0.2, -0.15) is 0 Å². The molecule has 0 aliphatic carbocycles. The third-order valence-electron chi connectivity index (χ3n) is 2.44. The van der Waals surface area contributed by atoms with E-state index in [9.17, 15) is 4.79 Å². The van der Waals surface area contributed by atoms with Gasteiger partial charge in [0.05, 0.1) is 6.08 Å². The highest BCUT2D eigenvalue weighted by Crippen LogP contribution is 2.27. The average molecular weight is 236 g/mol. The van der Waals surface area contributed by atoms with Crippen LogP contribution in [-0.2, 0) is 14.3 Å². The molecule has 1 heterocycles. The van der Waals surface area contributed by atoms with Crippen LogP contribution in [0.1, 0.15) is 39.5 Å². The van der Waals surface area contributed by atoms with E-state index in [2.05, 4.69) is 13.2 Å². The van der Waals surface area contributed by atoms with Crippen LogP contribution in [-0.4, -0.2) is 11.8 Å². The number of ether oxygens (including phenoxy) is 2. The molecule has 1 rings (SSSR count). The molecule has 0 amide bonds. The monoisotopic (exact) mass is 236 g/mol. The second-order valence-corrected chi connectivity index (χ2v) is 4.57. The minimum Gasteiger partial charge on any atom is -0.452 e. The highest BCUT2D eigenvalue weighted by Gasteiger charge is 2.30. The van der Waals surface area contributed by atoms with Crippen molar-refractivity contribution in [2.45, 2.75) is 45.3 Å². The SMILES string of the molecule is C=CCCCCC(=C)C1=CC(=O)OC(C)(C)O1. The molecule has 1 aliphatic rings. The van der Waals surface area contributed by atoms with E-state index in [0.717, 1.165) is 31.3 Å². The second kappa shape index (κ2) is 5.71. The van der Waals surface area contributed by atoms with Gasteiger partial charge in [0, 0.05) is 13.8 Å². The van der Waals surface area contributed by atoms with Gasteiger partial charge < -0.3 is 9.47 Å². The summed E-state index contributed by atoms with van der Waals surface area (Å²) >= 11 is 0. The third kappa shape index (κ3) is 4.47. The van der Waals surface area contributed by atoms with Crippen molar-refractivity contribution in [3.8, 4) is 0 Å². The van der Waals surface area contributed by atoms with Crippen molar-refractivity contribution in [1.82, 2.24) is 0 Å². The molecule has 0 aromatic carbocycles. The van der Waals surface area contributed by atoms with E-state index in [1.54, 1.807) is 13.8 Å². The summed E-state index contributed by atoms with van der Waals surface area (Å²) in [6.45, 7) is 11.0. The second-order valence-electron chi connectivity index (χ2n) is 4.57. The van der Waals surface area contributed by atoms with Gasteiger partial charge in [-0.25, -0.2) is 4.79 Å². The molecule has 1 aliphatic heterocycles. The fraction of sp³-hybridized carbons (Fsp3) is 0.500. The van der Waals surface area contributed by atoms with Crippen LogP contribution in [0.15, 0.2) is 36.6 Å². The molecule has 0 radical (unpaired) electrons. The van der Waals surface area contributed by atoms with Crippen LogP contribution in [0.4, 0.5) is 0 Å². The van der Waals surface area contributed by atoms with Gasteiger partial charge in [0.1, 0.15) is 5.76 Å². The standard InChI is InChI=1S/C14H20O3/c1-5-6-7-8-9-11(2)12-10-13(15)17-14(3,4)16-12/h5,10H,1-2,6-9H2,3-4H3. The minimum absolute atomic E-state index is 0.372. The number of cyclic esters (lactones) is 1. The Kier molecular flexibility index (Phi) is 4.55. The maximum absolute atomic E-state index is 11.3. The van der Waals surface area contributed by atoms with E-state index < -0.39 is 5.79 Å². The van der Waals surface area contributed by atoms with E-state index in [1.807, 2.05) is 6.08 Å². The molecular weight excluding hydrogens is 216 g/mol. The molecule has 0 N–H and O–H groups in total. The summed E-state index contributed by atoms with van der Waals surface area (Å²) in [5, 5.41) is 0. The molecule has 0 atom stereocenters. The zero-order chi connectivity index (χ0) is 12.9. The molecule has 0 fully saturated rings. The van der Waals surface area contributed by atoms with Crippen LogP contribution in [0.5, 0.6) is 0 Å². The van der Waals surface area contributed by atoms with Crippen LogP contribution in [0, 0.1) is 0 Å². The quantitative estimate of drug-likeness (QED) is 0.402. The summed E-state index contributed by atoms with van der Waals surface area (Å²) in [4.78, 5) is 11.3. The Morgan fingerprint density at radius 3 is 2.71 bits per heavy atom. The van der Waals surface area contributed by atoms with Crippen molar-refractivity contribution in [3.63, 3.8) is 0 Å². The number of carbonyl (C=O) groups excluding carboxylic acids is 1. The predicted molar refractivity (Wildman–Crippen MR) is 67.1 cm³/mol. The van der Waals surface area contributed by atoms with Crippen molar-refractivity contribution in [3.05, 3.63) is 36.6 Å². The van der Waals surface area contributed by atoms with Gasteiger partial charge in [-0.15, -0.1) is 6.58 Å². The van der Waals surface area contributed by atoms with E-state index in [-0.39, 0.29) is 5.97 Å². The molecule has 0 saturated carbocycles. The van der Waals surface area contributed by atoms with Crippen LogP contribution >= 0.6 is 0 Å². The Balaban J connectivity index is 2.51. The van der Waals surface area contributed by atoms with Gasteiger partial charge in [0.2, 0.25) is 5.79 Å². The predicted octanol–water partition coefficient (Wildman–Crippen LogP) is 3.48. The summed E-state index contributed by atoms with van der Waals surface area (Å²) < 4.78 is 10.6. The Morgan fingerprint density at radius 2 is 2.12 bits per heavy atom. The number of esters is 1. The van der Waals surface area contributed by atoms with Gasteiger partial charge in [0.25, 0.3) is 0 Å². The molecule has 0 unspecified atom stereocenters. The molecular formula is C14H20O3. The number of rotatable bonds is 6. The first kappa shape index (κ1) is 13.6. The normalized spacial score (nSPS) is 17.8. The van der Waals surface area contributed by atoms with Crippen molar-refractivity contribution in [2.24, 2.45) is 0 Å². The largest absolute Gasteiger partial charge is 0.452 e. The van der Waals surface area contributed by atoms with Gasteiger partial charge in [-0.3, -0.25) is 0 Å². The van der Waals surface area contributed by atoms with E-state index in [0.29, 0.717) is 5.76 Å². The molecule has 3 heteroatoms. The lowest BCUT2D eigenvalue weighted by Gasteiger charge is -2.31. The highest BCUT2D eigenvalue weighted by molar-refractivity contribution is 5.84. The summed E-state index contributed by atoms with van der Waals surface area (Å²) in [5.41, 5.74) is 0.846. The summed E-state index contributed by atoms with van der Waals surface area (Å²) in [7, 11) is 0. The summed E-state index contributed by atoms with van der Waals surface area (Å²) in [5.74, 6) is -0.723. The molecule has 0 spiro atoms. The van der Waals surface area contributed by atoms with Crippen LogP contribution in [0.25, 0.3) is 0 Å². The molecule has 0 aromatic rings. The van der Waals surface area contributed by atoms with Gasteiger partial charge in [-0.05, 0) is 31.3 Å². The van der Waals surface area contributed by atoms with Crippen LogP contribution in [0.2, 0.25) is 0 Å². The first-order chi connectivity index (χ1) is 7.94. The molecule has 3 nitrogen and oxygen atoms in total. The van der Waals surface area contributed by atoms with Crippen molar-refractivity contribution >= 4 is 5.97 Å². The first-order valence-electron chi connectivity index (χ1n) is 5.87. The van der Waals surface area contributed by atoms with Crippen molar-refractivity contribution < 1.29 is 14.3 Å². The maximum atomic E-state index is 11.3. The zero-order valence-electron chi connectivity index (χ0n) is 10.6. The Hall–Kier alpha value is -1.51. The van der Waals surface area contributed by atoms with Crippen LogP contribution in [0.3, 0.4) is 0 Å². The minimum atomic E-state index is -0.898. The van der Waals surface area contributed by atoms with Gasteiger partial charge in [0.15, 0.2) is 0 Å². The number of allylic oxidation sites excluding steroid dienone is 2. The average Bonchev–Trinajstić information content (AvgIpc) is 2.21. The lowest BCUT2D eigenvalue weighted by molar-refractivity contribution is -0.203. The fourth-order valence-corrected chi connectivity index (χ4v) is 1.62. The highest BCUT2D eigenvalue weighted by atomic mass is 16.7. The zero-order valence-corrected chi connectivity index (χ0v) is 10.6. The Labute approximate surface area is 103 Å². The molecule has 94 valence electrons.